The first kappa shape index (κ1) is 24.9. The second-order valence-electron chi connectivity index (χ2n) is 8.77. The summed E-state index contributed by atoms with van der Waals surface area (Å²) in [5.41, 5.74) is 5.32. The minimum atomic E-state index is -5.08. The molecule has 3 aromatic rings. The lowest BCUT2D eigenvalue weighted by Crippen LogP contribution is -2.49. The van der Waals surface area contributed by atoms with Gasteiger partial charge in [-0.25, -0.2) is 4.79 Å². The second kappa shape index (κ2) is 10.2. The van der Waals surface area contributed by atoms with Gasteiger partial charge in [0.05, 0.1) is 12.6 Å². The summed E-state index contributed by atoms with van der Waals surface area (Å²) in [5, 5.41) is 15.8. The van der Waals surface area contributed by atoms with Crippen molar-refractivity contribution in [2.45, 2.75) is 24.6 Å². The van der Waals surface area contributed by atoms with Crippen molar-refractivity contribution in [2.75, 3.05) is 45.2 Å². The van der Waals surface area contributed by atoms with Crippen LogP contribution >= 0.6 is 0 Å². The van der Waals surface area contributed by atoms with Gasteiger partial charge in [-0.2, -0.15) is 13.2 Å². The second-order valence-corrected chi connectivity index (χ2v) is 8.77. The van der Waals surface area contributed by atoms with Crippen molar-refractivity contribution in [1.82, 2.24) is 15.2 Å². The Balaban J connectivity index is 0.000000364. The van der Waals surface area contributed by atoms with Crippen LogP contribution in [0.5, 0.6) is 5.75 Å². The van der Waals surface area contributed by atoms with Crippen LogP contribution in [0.25, 0.3) is 10.9 Å². The Hall–Kier alpha value is -3.24. The Morgan fingerprint density at radius 1 is 1.23 bits per heavy atom. The quantitative estimate of drug-likeness (QED) is 0.433. The monoisotopic (exact) mass is 490 g/mol. The maximum atomic E-state index is 10.6. The van der Waals surface area contributed by atoms with Gasteiger partial charge in [-0.15, -0.1) is 0 Å². The minimum absolute atomic E-state index is 0.0482. The lowest BCUT2D eigenvalue weighted by molar-refractivity contribution is -0.192. The summed E-state index contributed by atoms with van der Waals surface area (Å²) in [6, 6.07) is 16.8. The van der Waals surface area contributed by atoms with Gasteiger partial charge in [0, 0.05) is 55.0 Å². The largest absolute Gasteiger partial charge is 0.497 e. The Morgan fingerprint density at radius 3 is 2.66 bits per heavy atom. The first-order valence-electron chi connectivity index (χ1n) is 11.5. The molecule has 0 amide bonds. The van der Waals surface area contributed by atoms with Gasteiger partial charge in [0.1, 0.15) is 5.75 Å². The number of carbonyl (C=O) groups is 1. The van der Waals surface area contributed by atoms with Gasteiger partial charge < -0.3 is 25.5 Å². The fourth-order valence-electron chi connectivity index (χ4n) is 4.88. The van der Waals surface area contributed by atoms with Crippen LogP contribution in [-0.2, 0) is 16.8 Å². The molecule has 5 rings (SSSR count). The van der Waals surface area contributed by atoms with Crippen LogP contribution in [0.1, 0.15) is 17.7 Å². The number of hydrogen-bond acceptors (Lipinski definition) is 5. The van der Waals surface area contributed by atoms with E-state index in [1.807, 2.05) is 6.07 Å². The Labute approximate surface area is 201 Å². The third-order valence-electron chi connectivity index (χ3n) is 6.55. The first-order valence-corrected chi connectivity index (χ1v) is 11.5. The number of aromatic amines is 1. The molecule has 0 saturated carbocycles. The number of carboxylic acids is 1. The number of likely N-dealkylation sites (tertiary alicyclic amines) is 1. The molecule has 1 atom stereocenters. The fraction of sp³-hybridized carbons (Fsp3) is 0.400. The topological polar surface area (TPSA) is 89.6 Å². The van der Waals surface area contributed by atoms with Crippen LogP contribution < -0.4 is 15.4 Å². The number of benzene rings is 2. The lowest BCUT2D eigenvalue weighted by atomic mass is 9.86. The number of H-pyrrole nitrogens is 1. The molecule has 35 heavy (non-hydrogen) atoms. The third kappa shape index (κ3) is 5.54. The summed E-state index contributed by atoms with van der Waals surface area (Å²) < 4.78 is 37.2. The molecule has 1 unspecified atom stereocenters. The summed E-state index contributed by atoms with van der Waals surface area (Å²) in [4.78, 5) is 15.2. The number of aromatic nitrogens is 1. The van der Waals surface area contributed by atoms with Crippen molar-refractivity contribution < 1.29 is 27.8 Å². The molecular weight excluding hydrogens is 461 g/mol. The molecule has 1 aromatic heterocycles. The van der Waals surface area contributed by atoms with E-state index in [2.05, 4.69) is 63.0 Å². The van der Waals surface area contributed by atoms with Gasteiger partial charge in [0.2, 0.25) is 0 Å². The van der Waals surface area contributed by atoms with Gasteiger partial charge in [-0.1, -0.05) is 18.2 Å². The lowest BCUT2D eigenvalue weighted by Gasteiger charge is -2.35. The summed E-state index contributed by atoms with van der Waals surface area (Å²) in [5.74, 6) is -1.82. The van der Waals surface area contributed by atoms with E-state index in [0.29, 0.717) is 0 Å². The molecule has 4 N–H and O–H groups in total. The molecule has 1 spiro atoms. The predicted octanol–water partition coefficient (Wildman–Crippen LogP) is 3.97. The zero-order valence-corrected chi connectivity index (χ0v) is 19.4. The normalized spacial score (nSPS) is 19.8. The van der Waals surface area contributed by atoms with Crippen LogP contribution in [0.3, 0.4) is 0 Å². The smallest absolute Gasteiger partial charge is 0.490 e. The SMILES string of the molecule is COc1ccc2[nH]c3c(c2c1)CCNC31CCN(CCNc2ccccc2)C1.O=C(O)C(F)(F)F. The van der Waals surface area contributed by atoms with Crippen molar-refractivity contribution >= 4 is 22.6 Å². The fourth-order valence-corrected chi connectivity index (χ4v) is 4.88. The zero-order valence-electron chi connectivity index (χ0n) is 19.4. The van der Waals surface area contributed by atoms with Gasteiger partial charge in [0.25, 0.3) is 0 Å². The number of fused-ring (bicyclic) bond motifs is 4. The average Bonchev–Trinajstić information content (AvgIpc) is 3.42. The summed E-state index contributed by atoms with van der Waals surface area (Å²) in [7, 11) is 1.74. The minimum Gasteiger partial charge on any atom is -0.497 e. The van der Waals surface area contributed by atoms with E-state index < -0.39 is 12.1 Å². The van der Waals surface area contributed by atoms with E-state index in [4.69, 9.17) is 14.6 Å². The number of carboxylic acid groups (broad SMARTS) is 1. The van der Waals surface area contributed by atoms with E-state index in [1.54, 1.807) is 7.11 Å². The molecule has 2 aromatic carbocycles. The van der Waals surface area contributed by atoms with Crippen molar-refractivity contribution in [2.24, 2.45) is 0 Å². The zero-order chi connectivity index (χ0) is 25.1. The number of methoxy groups -OCH3 is 1. The van der Waals surface area contributed by atoms with E-state index in [1.165, 1.54) is 27.8 Å². The van der Waals surface area contributed by atoms with Crippen molar-refractivity contribution in [3.8, 4) is 5.75 Å². The van der Waals surface area contributed by atoms with E-state index in [9.17, 15) is 13.2 Å². The Bertz CT molecular complexity index is 1170. The number of halogens is 3. The molecule has 7 nitrogen and oxygen atoms in total. The first-order chi connectivity index (χ1) is 16.7. The highest BCUT2D eigenvalue weighted by molar-refractivity contribution is 5.87. The molecule has 0 bridgehead atoms. The molecule has 3 heterocycles. The molecule has 0 aliphatic carbocycles. The number of hydrogen-bond donors (Lipinski definition) is 4. The van der Waals surface area contributed by atoms with Gasteiger partial charge in [-0.3, -0.25) is 4.90 Å². The van der Waals surface area contributed by atoms with Crippen molar-refractivity contribution in [1.29, 1.82) is 0 Å². The highest BCUT2D eigenvalue weighted by Crippen LogP contribution is 2.40. The van der Waals surface area contributed by atoms with Crippen LogP contribution in [0, 0.1) is 0 Å². The highest BCUT2D eigenvalue weighted by atomic mass is 19.4. The average molecular weight is 491 g/mol. The number of alkyl halides is 3. The number of nitrogens with one attached hydrogen (secondary N) is 3. The van der Waals surface area contributed by atoms with E-state index in [-0.39, 0.29) is 5.54 Å². The number of anilines is 1. The number of para-hydroxylation sites is 1. The highest BCUT2D eigenvalue weighted by Gasteiger charge is 2.44. The van der Waals surface area contributed by atoms with Crippen LogP contribution in [0.4, 0.5) is 18.9 Å². The number of nitrogens with zero attached hydrogens (tertiary/aromatic N) is 1. The van der Waals surface area contributed by atoms with Gasteiger partial charge in [0.15, 0.2) is 0 Å². The molecule has 1 fully saturated rings. The van der Waals surface area contributed by atoms with E-state index >= 15 is 0 Å². The summed E-state index contributed by atoms with van der Waals surface area (Å²) in [6.07, 6.45) is -2.87. The molecule has 2 aliphatic heterocycles. The van der Waals surface area contributed by atoms with Crippen molar-refractivity contribution in [3.63, 3.8) is 0 Å². The Kier molecular flexibility index (Phi) is 7.23. The Morgan fingerprint density at radius 2 is 1.97 bits per heavy atom. The van der Waals surface area contributed by atoms with E-state index in [0.717, 1.165) is 51.3 Å². The number of ether oxygens (including phenoxy) is 1. The molecule has 188 valence electrons. The maximum Gasteiger partial charge on any atom is 0.490 e. The predicted molar refractivity (Wildman–Crippen MR) is 128 cm³/mol. The van der Waals surface area contributed by atoms with Crippen LogP contribution in [-0.4, -0.2) is 67.0 Å². The molecule has 0 radical (unpaired) electrons. The summed E-state index contributed by atoms with van der Waals surface area (Å²) >= 11 is 0. The maximum absolute atomic E-state index is 10.6. The van der Waals surface area contributed by atoms with Crippen molar-refractivity contribution in [3.05, 3.63) is 59.8 Å². The van der Waals surface area contributed by atoms with Gasteiger partial charge >= 0.3 is 12.1 Å². The molecular formula is C25H29F3N4O3. The molecule has 2 aliphatic rings. The molecule has 10 heteroatoms. The standard InChI is InChI=1S/C23H28N4O.C2HF3O2/c1-28-18-7-8-21-20(15-18)19-9-11-25-23(22(19)26-21)10-13-27(16-23)14-12-24-17-5-3-2-4-6-17;3-2(4,5)1(6)7/h2-8,15,24-26H,9-14,16H2,1H3;(H,6,7). The van der Waals surface area contributed by atoms with Gasteiger partial charge in [-0.05, 0) is 48.7 Å². The number of aliphatic carboxylic acids is 1. The van der Waals surface area contributed by atoms with Crippen LogP contribution in [0.15, 0.2) is 48.5 Å². The number of rotatable bonds is 5. The molecule has 1 saturated heterocycles. The third-order valence-corrected chi connectivity index (χ3v) is 6.55. The summed E-state index contributed by atoms with van der Waals surface area (Å²) in [6.45, 7) is 5.24. The van der Waals surface area contributed by atoms with Crippen LogP contribution in [0.2, 0.25) is 0 Å².